The number of rotatable bonds is 4. The van der Waals surface area contributed by atoms with Gasteiger partial charge in [0, 0.05) is 43.3 Å². The summed E-state index contributed by atoms with van der Waals surface area (Å²) in [6, 6.07) is 0. The summed E-state index contributed by atoms with van der Waals surface area (Å²) in [4.78, 5) is 22.6. The van der Waals surface area contributed by atoms with Gasteiger partial charge in [0.05, 0.1) is 19.4 Å². The molecule has 1 unspecified atom stereocenters. The van der Waals surface area contributed by atoms with Crippen molar-refractivity contribution >= 4 is 17.7 Å². The molecule has 1 N–H and O–H groups in total. The number of hydrogen-bond donors (Lipinski definition) is 1. The molecule has 0 saturated carbocycles. The first-order chi connectivity index (χ1) is 10.3. The molecular formula is C14H20N4O2S. The van der Waals surface area contributed by atoms with Gasteiger partial charge in [-0.1, -0.05) is 0 Å². The van der Waals surface area contributed by atoms with E-state index in [-0.39, 0.29) is 11.4 Å². The van der Waals surface area contributed by atoms with Crippen molar-refractivity contribution in [1.82, 2.24) is 20.2 Å². The molecule has 0 radical (unpaired) electrons. The second kappa shape index (κ2) is 6.72. The standard InChI is InChI=1S/C14H20N4O2S/c19-13(12-9-15-2-3-16-12)17-10-14(1-8-21-11-14)18-4-6-20-7-5-18/h2-3,9H,1,4-8,10-11H2,(H,17,19). The molecule has 3 heterocycles. The molecule has 1 aromatic rings. The largest absolute Gasteiger partial charge is 0.379 e. The lowest BCUT2D eigenvalue weighted by Gasteiger charge is -2.43. The van der Waals surface area contributed by atoms with Gasteiger partial charge < -0.3 is 10.1 Å². The van der Waals surface area contributed by atoms with Gasteiger partial charge in [0.25, 0.3) is 5.91 Å². The smallest absolute Gasteiger partial charge is 0.271 e. The summed E-state index contributed by atoms with van der Waals surface area (Å²) in [5.41, 5.74) is 0.437. The van der Waals surface area contributed by atoms with Crippen LogP contribution >= 0.6 is 11.8 Å². The van der Waals surface area contributed by atoms with Gasteiger partial charge in [-0.05, 0) is 12.2 Å². The number of hydrogen-bond acceptors (Lipinski definition) is 6. The SMILES string of the molecule is O=C(NCC1(N2CCOCC2)CCSC1)c1cnccn1. The van der Waals surface area contributed by atoms with Gasteiger partial charge in [-0.25, -0.2) is 4.98 Å². The third-order valence-electron chi connectivity index (χ3n) is 4.14. The molecule has 3 rings (SSSR count). The van der Waals surface area contributed by atoms with E-state index in [1.165, 1.54) is 12.4 Å². The van der Waals surface area contributed by atoms with Crippen LogP contribution in [0.25, 0.3) is 0 Å². The molecule has 2 saturated heterocycles. The Hall–Kier alpha value is -1.18. The quantitative estimate of drug-likeness (QED) is 0.869. The first-order valence-corrected chi connectivity index (χ1v) is 8.40. The van der Waals surface area contributed by atoms with Gasteiger partial charge in [0.15, 0.2) is 0 Å². The minimum atomic E-state index is -0.146. The fourth-order valence-electron chi connectivity index (χ4n) is 2.89. The monoisotopic (exact) mass is 308 g/mol. The number of carbonyl (C=O) groups is 1. The highest BCUT2D eigenvalue weighted by Gasteiger charge is 2.40. The molecular weight excluding hydrogens is 288 g/mol. The Morgan fingerprint density at radius 3 is 2.95 bits per heavy atom. The van der Waals surface area contributed by atoms with Crippen LogP contribution in [0, 0.1) is 0 Å². The summed E-state index contributed by atoms with van der Waals surface area (Å²) in [5, 5.41) is 3.04. The van der Waals surface area contributed by atoms with Gasteiger partial charge >= 0.3 is 0 Å². The number of thioether (sulfide) groups is 1. The Morgan fingerprint density at radius 2 is 2.29 bits per heavy atom. The fraction of sp³-hybridized carbons (Fsp3) is 0.643. The predicted octanol–water partition coefficient (Wildman–Crippen LogP) is 0.414. The maximum atomic E-state index is 12.2. The average molecular weight is 308 g/mol. The maximum absolute atomic E-state index is 12.2. The number of morpholine rings is 1. The molecule has 21 heavy (non-hydrogen) atoms. The first kappa shape index (κ1) is 14.7. The number of nitrogens with zero attached hydrogens (tertiary/aromatic N) is 3. The lowest BCUT2D eigenvalue weighted by atomic mass is 9.95. The van der Waals surface area contributed by atoms with Crippen LogP contribution in [-0.2, 0) is 4.74 Å². The molecule has 2 fully saturated rings. The summed E-state index contributed by atoms with van der Waals surface area (Å²) in [6.07, 6.45) is 5.72. The average Bonchev–Trinajstić information content (AvgIpc) is 3.04. The molecule has 114 valence electrons. The van der Waals surface area contributed by atoms with Crippen LogP contribution in [-0.4, -0.2) is 70.7 Å². The van der Waals surface area contributed by atoms with Gasteiger partial charge in [0.1, 0.15) is 5.69 Å². The minimum absolute atomic E-state index is 0.0618. The van der Waals surface area contributed by atoms with Gasteiger partial charge in [-0.3, -0.25) is 14.7 Å². The summed E-state index contributed by atoms with van der Waals surface area (Å²) in [7, 11) is 0. The van der Waals surface area contributed by atoms with Crippen molar-refractivity contribution in [2.45, 2.75) is 12.0 Å². The van der Waals surface area contributed by atoms with E-state index in [2.05, 4.69) is 20.2 Å². The van der Waals surface area contributed by atoms with Crippen molar-refractivity contribution in [1.29, 1.82) is 0 Å². The fourth-order valence-corrected chi connectivity index (χ4v) is 4.36. The third kappa shape index (κ3) is 3.36. The van der Waals surface area contributed by atoms with E-state index in [0.29, 0.717) is 12.2 Å². The van der Waals surface area contributed by atoms with E-state index in [1.807, 2.05) is 11.8 Å². The van der Waals surface area contributed by atoms with Crippen LogP contribution in [0.2, 0.25) is 0 Å². The lowest BCUT2D eigenvalue weighted by Crippen LogP contribution is -2.59. The Balaban J connectivity index is 1.64. The van der Waals surface area contributed by atoms with Crippen LogP contribution in [0.1, 0.15) is 16.9 Å². The number of ether oxygens (including phenoxy) is 1. The maximum Gasteiger partial charge on any atom is 0.271 e. The van der Waals surface area contributed by atoms with Crippen molar-refractivity contribution in [3.8, 4) is 0 Å². The molecule has 2 aliphatic heterocycles. The highest BCUT2D eigenvalue weighted by atomic mass is 32.2. The topological polar surface area (TPSA) is 67.4 Å². The molecule has 1 amide bonds. The number of aromatic nitrogens is 2. The Bertz CT molecular complexity index is 473. The molecule has 6 nitrogen and oxygen atoms in total. The number of carbonyl (C=O) groups excluding carboxylic acids is 1. The molecule has 0 bridgehead atoms. The Labute approximate surface area is 128 Å². The van der Waals surface area contributed by atoms with E-state index >= 15 is 0 Å². The molecule has 7 heteroatoms. The molecule has 0 aliphatic carbocycles. The van der Waals surface area contributed by atoms with E-state index in [0.717, 1.165) is 44.2 Å². The summed E-state index contributed by atoms with van der Waals surface area (Å²) < 4.78 is 5.45. The second-order valence-electron chi connectivity index (χ2n) is 5.40. The Kier molecular flexibility index (Phi) is 4.72. The lowest BCUT2D eigenvalue weighted by molar-refractivity contribution is -0.0129. The zero-order chi connectivity index (χ0) is 14.5. The van der Waals surface area contributed by atoms with Crippen LogP contribution in [0.3, 0.4) is 0 Å². The van der Waals surface area contributed by atoms with E-state index in [4.69, 9.17) is 4.74 Å². The van der Waals surface area contributed by atoms with Crippen molar-refractivity contribution < 1.29 is 9.53 Å². The van der Waals surface area contributed by atoms with Crippen molar-refractivity contribution in [3.05, 3.63) is 24.3 Å². The molecule has 0 spiro atoms. The zero-order valence-electron chi connectivity index (χ0n) is 12.0. The highest BCUT2D eigenvalue weighted by Crippen LogP contribution is 2.33. The van der Waals surface area contributed by atoms with E-state index in [9.17, 15) is 4.79 Å². The van der Waals surface area contributed by atoms with Gasteiger partial charge in [0.2, 0.25) is 0 Å². The third-order valence-corrected chi connectivity index (χ3v) is 5.37. The predicted molar refractivity (Wildman–Crippen MR) is 81.4 cm³/mol. The normalized spacial score (nSPS) is 26.7. The van der Waals surface area contributed by atoms with E-state index < -0.39 is 0 Å². The second-order valence-corrected chi connectivity index (χ2v) is 6.50. The first-order valence-electron chi connectivity index (χ1n) is 7.25. The molecule has 2 aliphatic rings. The summed E-state index contributed by atoms with van der Waals surface area (Å²) in [5.74, 6) is 2.07. The molecule has 0 aromatic carbocycles. The van der Waals surface area contributed by atoms with E-state index in [1.54, 1.807) is 6.20 Å². The summed E-state index contributed by atoms with van der Waals surface area (Å²) >= 11 is 1.96. The molecule has 1 atom stereocenters. The van der Waals surface area contributed by atoms with Gasteiger partial charge in [-0.2, -0.15) is 11.8 Å². The highest BCUT2D eigenvalue weighted by molar-refractivity contribution is 7.99. The van der Waals surface area contributed by atoms with Crippen LogP contribution in [0.4, 0.5) is 0 Å². The Morgan fingerprint density at radius 1 is 1.43 bits per heavy atom. The molecule has 1 aromatic heterocycles. The van der Waals surface area contributed by atoms with Crippen LogP contribution in [0.15, 0.2) is 18.6 Å². The van der Waals surface area contributed by atoms with Crippen LogP contribution < -0.4 is 5.32 Å². The number of amides is 1. The van der Waals surface area contributed by atoms with Crippen molar-refractivity contribution in [2.24, 2.45) is 0 Å². The van der Waals surface area contributed by atoms with Gasteiger partial charge in [-0.15, -0.1) is 0 Å². The van der Waals surface area contributed by atoms with Crippen LogP contribution in [0.5, 0.6) is 0 Å². The zero-order valence-corrected chi connectivity index (χ0v) is 12.8. The summed E-state index contributed by atoms with van der Waals surface area (Å²) in [6.45, 7) is 4.12. The van der Waals surface area contributed by atoms with Crippen molar-refractivity contribution in [2.75, 3.05) is 44.4 Å². The van der Waals surface area contributed by atoms with Crippen molar-refractivity contribution in [3.63, 3.8) is 0 Å². The minimum Gasteiger partial charge on any atom is -0.379 e. The number of nitrogens with one attached hydrogen (secondary N) is 1.